The topological polar surface area (TPSA) is 175 Å². The SMILES string of the molecule is NCC1CCC(C(=O)C(CN)CCCOC[C@H]2OCC[C@@H](OCCCC(CN)C(=O)C3CCC(CN)CC3)[C@@H]2OCc2ccccc2)CC1. The van der Waals surface area contributed by atoms with Crippen LogP contribution >= 0.6 is 0 Å². The summed E-state index contributed by atoms with van der Waals surface area (Å²) in [6.45, 7) is 4.66. The number of ether oxygens (including phenoxy) is 4. The molecule has 1 saturated heterocycles. The highest BCUT2D eigenvalue weighted by atomic mass is 16.6. The van der Waals surface area contributed by atoms with Crippen molar-refractivity contribution in [1.29, 1.82) is 0 Å². The molecule has 3 fully saturated rings. The van der Waals surface area contributed by atoms with Crippen molar-refractivity contribution in [3.05, 3.63) is 35.9 Å². The van der Waals surface area contributed by atoms with Gasteiger partial charge in [0.15, 0.2) is 0 Å². The molecule has 1 aromatic carbocycles. The Morgan fingerprint density at radius 3 is 1.80 bits per heavy atom. The van der Waals surface area contributed by atoms with E-state index in [1.807, 2.05) is 18.2 Å². The molecule has 1 aromatic rings. The Kier molecular flexibility index (Phi) is 18.2. The van der Waals surface area contributed by atoms with Gasteiger partial charge in [-0.25, -0.2) is 0 Å². The quantitative estimate of drug-likeness (QED) is 0.130. The van der Waals surface area contributed by atoms with Gasteiger partial charge in [-0.3, -0.25) is 9.59 Å². The van der Waals surface area contributed by atoms with Crippen molar-refractivity contribution in [3.63, 3.8) is 0 Å². The zero-order valence-corrected chi connectivity index (χ0v) is 29.9. The highest BCUT2D eigenvalue weighted by Gasteiger charge is 2.37. The standard InChI is InChI=1S/C39H66N4O6/c40-22-28-10-14-31(15-11-28)37(44)33(24-42)8-4-19-46-27-36-39(49-26-30-6-2-1-3-7-30)35(18-21-48-36)47-20-5-9-34(25-43)38(45)32-16-12-29(23-41)13-17-32/h1-3,6-7,28-29,31-36,39H,4-5,8-27,40-43H2/t28?,29?,31?,32?,33?,34?,35-,36-,39+/m1/s1. The van der Waals surface area contributed by atoms with Crippen LogP contribution in [-0.4, -0.2) is 82.5 Å². The smallest absolute Gasteiger partial charge is 0.140 e. The second-order valence-electron chi connectivity index (χ2n) is 14.8. The van der Waals surface area contributed by atoms with Crippen molar-refractivity contribution < 1.29 is 28.5 Å². The van der Waals surface area contributed by atoms with Gasteiger partial charge in [0.05, 0.1) is 19.3 Å². The van der Waals surface area contributed by atoms with E-state index in [1.165, 1.54) is 0 Å². The second kappa shape index (κ2) is 22.2. The molecule has 8 N–H and O–H groups in total. The molecule has 2 saturated carbocycles. The third kappa shape index (κ3) is 12.8. The van der Waals surface area contributed by atoms with Crippen molar-refractivity contribution >= 4 is 11.6 Å². The van der Waals surface area contributed by atoms with E-state index in [9.17, 15) is 9.59 Å². The zero-order valence-electron chi connectivity index (χ0n) is 29.9. The van der Waals surface area contributed by atoms with Crippen LogP contribution in [0.1, 0.15) is 89.0 Å². The minimum atomic E-state index is -0.291. The Morgan fingerprint density at radius 2 is 1.27 bits per heavy atom. The normalized spacial score (nSPS) is 28.9. The number of benzene rings is 1. The molecule has 0 bridgehead atoms. The third-order valence-corrected chi connectivity index (χ3v) is 11.4. The summed E-state index contributed by atoms with van der Waals surface area (Å²) >= 11 is 0. The van der Waals surface area contributed by atoms with Gasteiger partial charge in [0.2, 0.25) is 0 Å². The first kappa shape index (κ1) is 40.0. The minimum Gasteiger partial charge on any atom is -0.379 e. The van der Waals surface area contributed by atoms with E-state index in [1.54, 1.807) is 0 Å². The van der Waals surface area contributed by atoms with Crippen LogP contribution in [0.3, 0.4) is 0 Å². The van der Waals surface area contributed by atoms with Gasteiger partial charge in [-0.2, -0.15) is 0 Å². The van der Waals surface area contributed by atoms with E-state index in [4.69, 9.17) is 41.9 Å². The summed E-state index contributed by atoms with van der Waals surface area (Å²) in [5.74, 6) is 1.75. The van der Waals surface area contributed by atoms with Crippen molar-refractivity contribution in [3.8, 4) is 0 Å². The first-order valence-corrected chi connectivity index (χ1v) is 19.3. The summed E-state index contributed by atoms with van der Waals surface area (Å²) in [5, 5.41) is 0. The molecular formula is C39H66N4O6. The first-order valence-electron chi connectivity index (χ1n) is 19.3. The number of rotatable bonds is 22. The molecule has 5 atom stereocenters. The monoisotopic (exact) mass is 686 g/mol. The summed E-state index contributed by atoms with van der Waals surface area (Å²) in [7, 11) is 0. The maximum absolute atomic E-state index is 13.2. The van der Waals surface area contributed by atoms with Crippen molar-refractivity contribution in [2.24, 2.45) is 58.4 Å². The summed E-state index contributed by atoms with van der Waals surface area (Å²) in [5.41, 5.74) is 24.9. The number of nitrogens with two attached hydrogens (primary N) is 4. The maximum Gasteiger partial charge on any atom is 0.140 e. The van der Waals surface area contributed by atoms with Gasteiger partial charge in [0.1, 0.15) is 23.8 Å². The van der Waals surface area contributed by atoms with Crippen molar-refractivity contribution in [1.82, 2.24) is 0 Å². The number of carbonyl (C=O) groups is 2. The summed E-state index contributed by atoms with van der Waals surface area (Å²) < 4.78 is 25.2. The molecule has 278 valence electrons. The lowest BCUT2D eigenvalue weighted by molar-refractivity contribution is -0.194. The van der Waals surface area contributed by atoms with Gasteiger partial charge in [-0.15, -0.1) is 0 Å². The van der Waals surface area contributed by atoms with Crippen LogP contribution < -0.4 is 22.9 Å². The van der Waals surface area contributed by atoms with E-state index in [2.05, 4.69) is 12.1 Å². The van der Waals surface area contributed by atoms with Gasteiger partial charge >= 0.3 is 0 Å². The van der Waals surface area contributed by atoms with Crippen LogP contribution in [0.15, 0.2) is 30.3 Å². The number of Topliss-reactive ketones (excluding diaryl/α,β-unsaturated/α-hetero) is 2. The van der Waals surface area contributed by atoms with Crippen LogP contribution in [0.5, 0.6) is 0 Å². The fourth-order valence-electron chi connectivity index (χ4n) is 8.12. The first-order chi connectivity index (χ1) is 24.0. The molecule has 2 unspecified atom stereocenters. The van der Waals surface area contributed by atoms with E-state index in [0.29, 0.717) is 82.6 Å². The second-order valence-corrected chi connectivity index (χ2v) is 14.8. The average molecular weight is 687 g/mol. The predicted octanol–water partition coefficient (Wildman–Crippen LogP) is 4.14. The molecule has 0 aromatic heterocycles. The Hall–Kier alpha value is -1.76. The zero-order chi connectivity index (χ0) is 34.8. The molecular weight excluding hydrogens is 620 g/mol. The van der Waals surface area contributed by atoms with Crippen molar-refractivity contribution in [2.75, 3.05) is 52.6 Å². The molecule has 0 amide bonds. The Labute approximate surface area is 295 Å². The van der Waals surface area contributed by atoms with Crippen molar-refractivity contribution in [2.45, 2.75) is 108 Å². The summed E-state index contributed by atoms with van der Waals surface area (Å²) in [4.78, 5) is 26.4. The highest BCUT2D eigenvalue weighted by Crippen LogP contribution is 2.32. The van der Waals surface area contributed by atoms with Crippen LogP contribution in [0.2, 0.25) is 0 Å². The summed E-state index contributed by atoms with van der Waals surface area (Å²) in [6, 6.07) is 10.1. The molecule has 10 nitrogen and oxygen atoms in total. The van der Waals surface area contributed by atoms with E-state index >= 15 is 0 Å². The molecule has 2 aliphatic carbocycles. The van der Waals surface area contributed by atoms with Gasteiger partial charge < -0.3 is 41.9 Å². The molecule has 3 aliphatic rings. The summed E-state index contributed by atoms with van der Waals surface area (Å²) in [6.07, 6.45) is 10.9. The molecule has 1 aliphatic heterocycles. The van der Waals surface area contributed by atoms with Crippen LogP contribution in [0.4, 0.5) is 0 Å². The molecule has 0 spiro atoms. The van der Waals surface area contributed by atoms with Gasteiger partial charge in [-0.05, 0) is 114 Å². The van der Waals surface area contributed by atoms with Crippen LogP contribution in [0.25, 0.3) is 0 Å². The van der Waals surface area contributed by atoms with Gasteiger partial charge in [0.25, 0.3) is 0 Å². The number of hydrogen-bond donors (Lipinski definition) is 4. The van der Waals surface area contributed by atoms with E-state index in [0.717, 1.165) is 89.0 Å². The van der Waals surface area contributed by atoms with Crippen LogP contribution in [0, 0.1) is 35.5 Å². The van der Waals surface area contributed by atoms with Gasteiger partial charge in [-0.1, -0.05) is 30.3 Å². The van der Waals surface area contributed by atoms with Crippen LogP contribution in [-0.2, 0) is 35.1 Å². The molecule has 0 radical (unpaired) electrons. The Balaban J connectivity index is 1.23. The van der Waals surface area contributed by atoms with E-state index < -0.39 is 0 Å². The Bertz CT molecular complexity index is 1060. The lowest BCUT2D eigenvalue weighted by Crippen LogP contribution is -2.49. The fraction of sp³-hybridized carbons (Fsp3) is 0.795. The lowest BCUT2D eigenvalue weighted by atomic mass is 9.76. The Morgan fingerprint density at radius 1 is 0.714 bits per heavy atom. The minimum absolute atomic E-state index is 0.117. The molecule has 1 heterocycles. The van der Waals surface area contributed by atoms with E-state index in [-0.39, 0.29) is 42.0 Å². The molecule has 10 heteroatoms. The number of hydrogen-bond acceptors (Lipinski definition) is 10. The lowest BCUT2D eigenvalue weighted by Gasteiger charge is -2.38. The fourth-order valence-corrected chi connectivity index (χ4v) is 8.12. The number of ketones is 2. The highest BCUT2D eigenvalue weighted by molar-refractivity contribution is 5.84. The van der Waals surface area contributed by atoms with Gasteiger partial charge in [0, 0.05) is 56.6 Å². The predicted molar refractivity (Wildman–Crippen MR) is 193 cm³/mol. The molecule has 49 heavy (non-hydrogen) atoms. The third-order valence-electron chi connectivity index (χ3n) is 11.4. The number of carbonyl (C=O) groups excluding carboxylic acids is 2. The largest absolute Gasteiger partial charge is 0.379 e. The average Bonchev–Trinajstić information content (AvgIpc) is 3.15. The maximum atomic E-state index is 13.2. The molecule has 4 rings (SSSR count).